The topological polar surface area (TPSA) is 63.2 Å². The zero-order valence-electron chi connectivity index (χ0n) is 20.1. The highest BCUT2D eigenvalue weighted by molar-refractivity contribution is 5.93. The van der Waals surface area contributed by atoms with Crippen LogP contribution in [0.15, 0.2) is 59.4 Å². The van der Waals surface area contributed by atoms with Gasteiger partial charge >= 0.3 is 5.97 Å². The maximum atomic E-state index is 11.9. The first kappa shape index (κ1) is 25.3. The summed E-state index contributed by atoms with van der Waals surface area (Å²) >= 11 is 0. The Kier molecular flexibility index (Phi) is 9.14. The van der Waals surface area contributed by atoms with E-state index in [1.54, 1.807) is 0 Å². The summed E-state index contributed by atoms with van der Waals surface area (Å²) in [5.74, 6) is 0.117. The van der Waals surface area contributed by atoms with Gasteiger partial charge in [0.2, 0.25) is 5.79 Å². The zero-order valence-corrected chi connectivity index (χ0v) is 20.1. The van der Waals surface area contributed by atoms with Crippen molar-refractivity contribution in [2.75, 3.05) is 27.4 Å². The molecule has 0 aliphatic carbocycles. The predicted octanol–water partition coefficient (Wildman–Crippen LogP) is 5.46. The lowest BCUT2D eigenvalue weighted by Gasteiger charge is -2.40. The van der Waals surface area contributed by atoms with Gasteiger partial charge in [0.1, 0.15) is 0 Å². The van der Waals surface area contributed by atoms with E-state index < -0.39 is 11.8 Å². The molecular weight excluding hydrogens is 408 g/mol. The largest absolute Gasteiger partial charge is 0.503 e. The first-order valence-electron chi connectivity index (χ1n) is 10.6. The Labute approximate surface area is 191 Å². The van der Waals surface area contributed by atoms with E-state index in [9.17, 15) is 4.79 Å². The Balaban J connectivity index is 2.21. The minimum absolute atomic E-state index is 0.0929. The molecule has 0 spiro atoms. The van der Waals surface area contributed by atoms with Crippen molar-refractivity contribution in [3.05, 3.63) is 65.0 Å². The third-order valence-corrected chi connectivity index (χ3v) is 5.08. The maximum absolute atomic E-state index is 11.9. The molecule has 0 saturated heterocycles. The van der Waals surface area contributed by atoms with Gasteiger partial charge in [0.05, 0.1) is 32.7 Å². The van der Waals surface area contributed by atoms with E-state index in [2.05, 4.69) is 13.8 Å². The highest BCUT2D eigenvalue weighted by Gasteiger charge is 2.42. The van der Waals surface area contributed by atoms with E-state index in [1.807, 2.05) is 63.3 Å². The van der Waals surface area contributed by atoms with Crippen LogP contribution in [0.2, 0.25) is 0 Å². The molecule has 2 rings (SSSR count). The Morgan fingerprint density at radius 2 is 1.94 bits per heavy atom. The van der Waals surface area contributed by atoms with E-state index in [0.29, 0.717) is 30.3 Å². The number of hydrogen-bond acceptors (Lipinski definition) is 6. The number of benzene rings is 1. The zero-order chi connectivity index (χ0) is 23.7. The minimum Gasteiger partial charge on any atom is -0.503 e. The first-order valence-corrected chi connectivity index (χ1v) is 10.6. The van der Waals surface area contributed by atoms with Crippen molar-refractivity contribution in [3.8, 4) is 11.5 Å². The second-order valence-electron chi connectivity index (χ2n) is 8.12. The summed E-state index contributed by atoms with van der Waals surface area (Å²) in [6.07, 6.45) is 8.99. The van der Waals surface area contributed by atoms with Crippen LogP contribution in [0.25, 0.3) is 6.08 Å². The minimum atomic E-state index is -0.849. The van der Waals surface area contributed by atoms with Crippen LogP contribution in [0.3, 0.4) is 0 Å². The van der Waals surface area contributed by atoms with Crippen molar-refractivity contribution >= 4 is 12.0 Å². The second-order valence-corrected chi connectivity index (χ2v) is 8.12. The number of allylic oxidation sites excluding steroid dienone is 3. The normalized spacial score (nSPS) is 18.6. The molecule has 0 saturated carbocycles. The van der Waals surface area contributed by atoms with Gasteiger partial charge in [-0.3, -0.25) is 0 Å². The number of methoxy groups -OCH3 is 2. The van der Waals surface area contributed by atoms with E-state index >= 15 is 0 Å². The fraction of sp³-hybridized carbons (Fsp3) is 0.423. The predicted molar refractivity (Wildman–Crippen MR) is 125 cm³/mol. The fourth-order valence-electron chi connectivity index (χ4n) is 3.02. The monoisotopic (exact) mass is 442 g/mol. The van der Waals surface area contributed by atoms with Gasteiger partial charge in [-0.15, -0.1) is 0 Å². The third-order valence-electron chi connectivity index (χ3n) is 5.08. The molecule has 32 heavy (non-hydrogen) atoms. The Morgan fingerprint density at radius 1 is 1.19 bits per heavy atom. The Hall–Kier alpha value is -2.99. The molecule has 0 N–H and O–H groups in total. The summed E-state index contributed by atoms with van der Waals surface area (Å²) in [6.45, 7) is 10.8. The van der Waals surface area contributed by atoms with Crippen molar-refractivity contribution in [1.29, 1.82) is 0 Å². The molecule has 0 radical (unpaired) electrons. The molecule has 1 aromatic carbocycles. The van der Waals surface area contributed by atoms with Crippen LogP contribution in [0.1, 0.15) is 40.2 Å². The number of rotatable bonds is 9. The smallest absolute Gasteiger partial charge is 0.341 e. The van der Waals surface area contributed by atoms with Gasteiger partial charge in [-0.05, 0) is 44.0 Å². The molecule has 6 nitrogen and oxygen atoms in total. The number of carbonyl (C=O) groups excluding carboxylic acids is 1. The lowest BCUT2D eigenvalue weighted by atomic mass is 10.0. The van der Waals surface area contributed by atoms with Gasteiger partial charge < -0.3 is 23.7 Å². The van der Waals surface area contributed by atoms with Gasteiger partial charge in [0.15, 0.2) is 18.1 Å². The number of carbonyl (C=O) groups is 1. The van der Waals surface area contributed by atoms with Crippen molar-refractivity contribution in [2.45, 2.75) is 40.4 Å². The highest BCUT2D eigenvalue weighted by Crippen LogP contribution is 2.39. The Morgan fingerprint density at radius 3 is 2.56 bits per heavy atom. The summed E-state index contributed by atoms with van der Waals surface area (Å²) in [5.41, 5.74) is 3.19. The number of ether oxygens (including phenoxy) is 5. The molecule has 1 aromatic rings. The fourth-order valence-corrected chi connectivity index (χ4v) is 3.02. The van der Waals surface area contributed by atoms with Crippen LogP contribution < -0.4 is 9.47 Å². The van der Waals surface area contributed by atoms with Crippen LogP contribution in [-0.2, 0) is 19.0 Å². The molecule has 0 bridgehead atoms. The van der Waals surface area contributed by atoms with Gasteiger partial charge in [-0.1, -0.05) is 49.8 Å². The molecule has 1 heterocycles. The van der Waals surface area contributed by atoms with Crippen LogP contribution in [0, 0.1) is 5.92 Å². The molecule has 6 heteroatoms. The first-order chi connectivity index (χ1) is 15.2. The summed E-state index contributed by atoms with van der Waals surface area (Å²) in [4.78, 5) is 11.9. The van der Waals surface area contributed by atoms with E-state index in [0.717, 1.165) is 11.1 Å². The molecule has 0 fully saturated rings. The second kappa shape index (κ2) is 11.6. The molecular formula is C26H34O6. The van der Waals surface area contributed by atoms with Gasteiger partial charge in [-0.2, -0.15) is 0 Å². The van der Waals surface area contributed by atoms with Crippen molar-refractivity contribution < 1.29 is 28.5 Å². The average molecular weight is 443 g/mol. The van der Waals surface area contributed by atoms with E-state index in [1.165, 1.54) is 26.1 Å². The summed E-state index contributed by atoms with van der Waals surface area (Å²) < 4.78 is 28.2. The lowest BCUT2D eigenvalue weighted by molar-refractivity contribution is -0.231. The molecule has 0 amide bonds. The SMILES string of the molecule is CO\C=C(C(=O)OC)/C(C)=C\C=C\c1ccc2c(c1)O[C@](OCC=C(C)C)(C(C)C)CO2. The molecule has 174 valence electrons. The lowest BCUT2D eigenvalue weighted by Crippen LogP contribution is -2.51. The number of esters is 1. The number of fused-ring (bicyclic) bond motifs is 1. The van der Waals surface area contributed by atoms with Crippen LogP contribution >= 0.6 is 0 Å². The van der Waals surface area contributed by atoms with Crippen LogP contribution in [0.4, 0.5) is 0 Å². The maximum Gasteiger partial charge on any atom is 0.341 e. The highest BCUT2D eigenvalue weighted by atomic mass is 16.7. The summed E-state index contributed by atoms with van der Waals surface area (Å²) in [5, 5.41) is 0. The summed E-state index contributed by atoms with van der Waals surface area (Å²) in [7, 11) is 2.83. The quantitative estimate of drug-likeness (QED) is 0.166. The molecule has 1 aliphatic rings. The molecule has 1 aliphatic heterocycles. The van der Waals surface area contributed by atoms with Gasteiger partial charge in [-0.25, -0.2) is 4.79 Å². The molecule has 1 atom stereocenters. The Bertz CT molecular complexity index is 918. The molecule has 0 aromatic heterocycles. The van der Waals surface area contributed by atoms with Crippen LogP contribution in [-0.4, -0.2) is 39.2 Å². The van der Waals surface area contributed by atoms with E-state index in [4.69, 9.17) is 23.7 Å². The number of hydrogen-bond donors (Lipinski definition) is 0. The van der Waals surface area contributed by atoms with Crippen LogP contribution in [0.5, 0.6) is 11.5 Å². The standard InChI is InChI=1S/C26H34O6/c1-18(2)13-14-31-26(19(3)4)17-30-23-12-11-21(15-24(23)32-26)10-8-9-20(5)22(16-28-6)25(27)29-7/h8-13,15-16,19H,14,17H2,1-7H3/b10-8+,20-9-,22-16+/t26-/m0/s1. The third kappa shape index (κ3) is 6.50. The van der Waals surface area contributed by atoms with Crippen molar-refractivity contribution in [2.24, 2.45) is 5.92 Å². The molecule has 0 unspecified atom stereocenters. The van der Waals surface area contributed by atoms with Gasteiger partial charge in [0.25, 0.3) is 0 Å². The van der Waals surface area contributed by atoms with Gasteiger partial charge in [0, 0.05) is 5.92 Å². The van der Waals surface area contributed by atoms with Crippen molar-refractivity contribution in [1.82, 2.24) is 0 Å². The van der Waals surface area contributed by atoms with Crippen molar-refractivity contribution in [3.63, 3.8) is 0 Å². The van der Waals surface area contributed by atoms with E-state index in [-0.39, 0.29) is 5.92 Å². The average Bonchev–Trinajstić information content (AvgIpc) is 2.76. The summed E-state index contributed by atoms with van der Waals surface area (Å²) in [6, 6.07) is 5.75.